The van der Waals surface area contributed by atoms with Crippen LogP contribution in [0, 0.1) is 0 Å². The van der Waals surface area contributed by atoms with Gasteiger partial charge in [0.15, 0.2) is 0 Å². The van der Waals surface area contributed by atoms with Crippen molar-refractivity contribution in [3.63, 3.8) is 0 Å². The minimum Gasteiger partial charge on any atom is -0.466 e. The second-order valence-electron chi connectivity index (χ2n) is 3.65. The Labute approximate surface area is 106 Å². The Bertz CT molecular complexity index is 162. The third-order valence-electron chi connectivity index (χ3n) is 2.09. The second-order valence-corrected chi connectivity index (χ2v) is 4.53. The van der Waals surface area contributed by atoms with Gasteiger partial charge >= 0.3 is 5.97 Å². The summed E-state index contributed by atoms with van der Waals surface area (Å²) < 4.78 is 5.57. The van der Waals surface area contributed by atoms with Crippen LogP contribution in [0.25, 0.3) is 0 Å². The normalized spacial score (nSPS) is 12.5. The van der Waals surface area contributed by atoms with Gasteiger partial charge in [0.1, 0.15) is 0 Å². The first kappa shape index (κ1) is 15.2. The lowest BCUT2D eigenvalue weighted by molar-refractivity contribution is -0.145. The van der Waals surface area contributed by atoms with E-state index in [0.29, 0.717) is 11.0 Å². The first-order chi connectivity index (χ1) is 7.20. The molecule has 4 heteroatoms. The standard InChI is InChI=1S/C11H21IO3/c1-2-3-4-5-6-7-15-11(14)8-10(13)9-12/h10,13H,2-9H2,1H3/t10-/m1/s1. The molecule has 0 aliphatic heterocycles. The predicted octanol–water partition coefficient (Wildman–Crippen LogP) is 2.69. The van der Waals surface area contributed by atoms with Crippen molar-refractivity contribution in [1.29, 1.82) is 0 Å². The van der Waals surface area contributed by atoms with E-state index < -0.39 is 6.10 Å². The number of aliphatic hydroxyl groups excluding tert-OH is 1. The van der Waals surface area contributed by atoms with Crippen molar-refractivity contribution in [3.8, 4) is 0 Å². The van der Waals surface area contributed by atoms with Gasteiger partial charge in [-0.1, -0.05) is 55.2 Å². The zero-order valence-electron chi connectivity index (χ0n) is 9.38. The van der Waals surface area contributed by atoms with Crippen LogP contribution in [-0.2, 0) is 9.53 Å². The minimum absolute atomic E-state index is 0.123. The van der Waals surface area contributed by atoms with Crippen LogP contribution in [0.3, 0.4) is 0 Å². The van der Waals surface area contributed by atoms with Gasteiger partial charge in [-0.3, -0.25) is 4.79 Å². The first-order valence-corrected chi connectivity index (χ1v) is 7.13. The molecule has 0 unspecified atom stereocenters. The molecule has 1 atom stereocenters. The fourth-order valence-electron chi connectivity index (χ4n) is 1.20. The quantitative estimate of drug-likeness (QED) is 0.306. The van der Waals surface area contributed by atoms with Crippen LogP contribution in [0.4, 0.5) is 0 Å². The summed E-state index contributed by atoms with van der Waals surface area (Å²) in [6.45, 7) is 2.67. The second kappa shape index (κ2) is 10.7. The largest absolute Gasteiger partial charge is 0.466 e. The van der Waals surface area contributed by atoms with Crippen LogP contribution in [0.2, 0.25) is 0 Å². The number of aliphatic hydroxyl groups is 1. The van der Waals surface area contributed by atoms with Crippen molar-refractivity contribution in [3.05, 3.63) is 0 Å². The molecule has 0 aliphatic rings. The number of carbonyl (C=O) groups excluding carboxylic acids is 1. The Hall–Kier alpha value is 0.160. The molecule has 0 aromatic rings. The molecule has 90 valence electrons. The zero-order valence-corrected chi connectivity index (χ0v) is 11.5. The Balaban J connectivity index is 3.24. The molecule has 1 N–H and O–H groups in total. The van der Waals surface area contributed by atoms with E-state index in [1.807, 2.05) is 22.6 Å². The SMILES string of the molecule is CCCCCCCOC(=O)C[C@@H](O)CI. The van der Waals surface area contributed by atoms with Crippen LogP contribution < -0.4 is 0 Å². The maximum absolute atomic E-state index is 11.1. The number of rotatable bonds is 9. The summed E-state index contributed by atoms with van der Waals surface area (Å²) in [4.78, 5) is 11.1. The van der Waals surface area contributed by atoms with Crippen molar-refractivity contribution < 1.29 is 14.6 Å². The molecular formula is C11H21IO3. The molecule has 0 aromatic carbocycles. The third-order valence-corrected chi connectivity index (χ3v) is 3.11. The molecule has 3 nitrogen and oxygen atoms in total. The van der Waals surface area contributed by atoms with E-state index >= 15 is 0 Å². The van der Waals surface area contributed by atoms with Gasteiger partial charge in [-0.25, -0.2) is 0 Å². The molecule has 15 heavy (non-hydrogen) atoms. The predicted molar refractivity (Wildman–Crippen MR) is 69.2 cm³/mol. The summed E-state index contributed by atoms with van der Waals surface area (Å²) in [5.41, 5.74) is 0. The van der Waals surface area contributed by atoms with E-state index in [0.717, 1.165) is 12.8 Å². The summed E-state index contributed by atoms with van der Waals surface area (Å²) in [5.74, 6) is -0.283. The number of esters is 1. The number of hydrogen-bond donors (Lipinski definition) is 1. The highest BCUT2D eigenvalue weighted by Gasteiger charge is 2.09. The maximum atomic E-state index is 11.1. The summed E-state index contributed by atoms with van der Waals surface area (Å²) in [6, 6.07) is 0. The molecule has 0 aliphatic carbocycles. The lowest BCUT2D eigenvalue weighted by atomic mass is 10.2. The van der Waals surface area contributed by atoms with E-state index in [4.69, 9.17) is 4.74 Å². The smallest absolute Gasteiger partial charge is 0.308 e. The number of alkyl halides is 1. The van der Waals surface area contributed by atoms with Crippen molar-refractivity contribution in [2.24, 2.45) is 0 Å². The number of unbranched alkanes of at least 4 members (excludes halogenated alkanes) is 4. The Kier molecular flexibility index (Phi) is 10.8. The van der Waals surface area contributed by atoms with Gasteiger partial charge in [0.25, 0.3) is 0 Å². The summed E-state index contributed by atoms with van der Waals surface area (Å²) in [7, 11) is 0. The Morgan fingerprint density at radius 2 is 2.00 bits per heavy atom. The molecule has 0 rings (SSSR count). The van der Waals surface area contributed by atoms with Crippen molar-refractivity contribution in [2.75, 3.05) is 11.0 Å². The van der Waals surface area contributed by atoms with Gasteiger partial charge in [0, 0.05) is 4.43 Å². The Morgan fingerprint density at radius 3 is 2.60 bits per heavy atom. The molecule has 0 amide bonds. The fraction of sp³-hybridized carbons (Fsp3) is 0.909. The van der Waals surface area contributed by atoms with Crippen LogP contribution in [0.5, 0.6) is 0 Å². The van der Waals surface area contributed by atoms with E-state index in [1.54, 1.807) is 0 Å². The molecule has 0 fully saturated rings. The zero-order chi connectivity index (χ0) is 11.5. The van der Waals surface area contributed by atoms with Gasteiger partial charge < -0.3 is 9.84 Å². The lowest BCUT2D eigenvalue weighted by Gasteiger charge is -2.07. The monoisotopic (exact) mass is 328 g/mol. The molecular weight excluding hydrogens is 307 g/mol. The van der Waals surface area contributed by atoms with Crippen LogP contribution in [-0.4, -0.2) is 28.2 Å². The molecule has 0 aromatic heterocycles. The Morgan fingerprint density at radius 1 is 1.33 bits per heavy atom. The van der Waals surface area contributed by atoms with Crippen molar-refractivity contribution >= 4 is 28.6 Å². The van der Waals surface area contributed by atoms with E-state index in [2.05, 4.69) is 6.92 Å². The van der Waals surface area contributed by atoms with Crippen molar-refractivity contribution in [1.82, 2.24) is 0 Å². The highest BCUT2D eigenvalue weighted by Crippen LogP contribution is 2.04. The van der Waals surface area contributed by atoms with Gasteiger partial charge in [-0.05, 0) is 6.42 Å². The molecule has 0 saturated heterocycles. The average molecular weight is 328 g/mol. The van der Waals surface area contributed by atoms with Gasteiger partial charge in [-0.15, -0.1) is 0 Å². The van der Waals surface area contributed by atoms with Crippen molar-refractivity contribution in [2.45, 2.75) is 51.6 Å². The highest BCUT2D eigenvalue weighted by atomic mass is 127. The lowest BCUT2D eigenvalue weighted by Crippen LogP contribution is -2.17. The van der Waals surface area contributed by atoms with E-state index in [1.165, 1.54) is 19.3 Å². The first-order valence-electron chi connectivity index (χ1n) is 5.60. The van der Waals surface area contributed by atoms with Crippen LogP contribution in [0.1, 0.15) is 45.4 Å². The average Bonchev–Trinajstić information content (AvgIpc) is 2.23. The number of halogens is 1. The number of hydrogen-bond acceptors (Lipinski definition) is 3. The van der Waals surface area contributed by atoms with Crippen LogP contribution >= 0.6 is 22.6 Å². The molecule has 0 radical (unpaired) electrons. The fourth-order valence-corrected chi connectivity index (χ4v) is 1.51. The van der Waals surface area contributed by atoms with Gasteiger partial charge in [-0.2, -0.15) is 0 Å². The molecule has 0 heterocycles. The number of carbonyl (C=O) groups is 1. The van der Waals surface area contributed by atoms with E-state index in [9.17, 15) is 9.90 Å². The van der Waals surface area contributed by atoms with Crippen LogP contribution in [0.15, 0.2) is 0 Å². The topological polar surface area (TPSA) is 46.5 Å². The van der Waals surface area contributed by atoms with E-state index in [-0.39, 0.29) is 12.4 Å². The summed E-state index contributed by atoms with van der Waals surface area (Å²) in [5, 5.41) is 9.19. The summed E-state index contributed by atoms with van der Waals surface area (Å²) in [6.07, 6.45) is 5.31. The molecule has 0 bridgehead atoms. The number of ether oxygens (including phenoxy) is 1. The minimum atomic E-state index is -0.557. The maximum Gasteiger partial charge on any atom is 0.308 e. The molecule has 0 spiro atoms. The summed E-state index contributed by atoms with van der Waals surface area (Å²) >= 11 is 2.05. The molecule has 0 saturated carbocycles. The third kappa shape index (κ3) is 10.4. The van der Waals surface area contributed by atoms with Gasteiger partial charge in [0.2, 0.25) is 0 Å². The highest BCUT2D eigenvalue weighted by molar-refractivity contribution is 14.1. The van der Waals surface area contributed by atoms with Gasteiger partial charge in [0.05, 0.1) is 19.1 Å².